The molecule has 0 aromatic carbocycles. The molecule has 1 aromatic rings. The summed E-state index contributed by atoms with van der Waals surface area (Å²) in [7, 11) is 0. The van der Waals surface area contributed by atoms with E-state index in [0.717, 1.165) is 31.7 Å². The third-order valence-electron chi connectivity index (χ3n) is 7.70. The van der Waals surface area contributed by atoms with Gasteiger partial charge in [0.15, 0.2) is 5.69 Å². The second-order valence-corrected chi connectivity index (χ2v) is 10.8. The van der Waals surface area contributed by atoms with Gasteiger partial charge in [0.25, 0.3) is 5.91 Å². The SMILES string of the molecule is CCNC(=O)C(C)(C)C=Cn1ncc(C(=O)NC2C3CC4CC2CC(OC(N)=O)(C4)C3)c1C(F)(F)F. The number of aromatic nitrogens is 2. The van der Waals surface area contributed by atoms with Crippen LogP contribution in [0.4, 0.5) is 18.0 Å². The summed E-state index contributed by atoms with van der Waals surface area (Å²) in [6.07, 6.45) is 0.996. The van der Waals surface area contributed by atoms with Gasteiger partial charge in [0, 0.05) is 18.8 Å². The molecule has 1 aromatic heterocycles. The minimum atomic E-state index is -4.85. The second-order valence-electron chi connectivity index (χ2n) is 10.8. The zero-order valence-corrected chi connectivity index (χ0v) is 20.5. The van der Waals surface area contributed by atoms with Crippen molar-refractivity contribution in [1.82, 2.24) is 20.4 Å². The molecule has 0 saturated heterocycles. The highest BCUT2D eigenvalue weighted by Crippen LogP contribution is 2.57. The van der Waals surface area contributed by atoms with Gasteiger partial charge < -0.3 is 21.1 Å². The van der Waals surface area contributed by atoms with Crippen molar-refractivity contribution in [1.29, 1.82) is 0 Å². The second kappa shape index (κ2) is 9.11. The molecule has 4 fully saturated rings. The zero-order valence-electron chi connectivity index (χ0n) is 20.5. The van der Waals surface area contributed by atoms with Crippen LogP contribution in [0.25, 0.3) is 6.20 Å². The molecule has 4 aliphatic carbocycles. The molecule has 5 rings (SSSR count). The Kier molecular flexibility index (Phi) is 6.59. The van der Waals surface area contributed by atoms with E-state index in [2.05, 4.69) is 15.7 Å². The summed E-state index contributed by atoms with van der Waals surface area (Å²) in [4.78, 5) is 36.7. The first kappa shape index (κ1) is 26.0. The van der Waals surface area contributed by atoms with Gasteiger partial charge in [0.1, 0.15) is 5.60 Å². The Labute approximate surface area is 207 Å². The Bertz CT molecular complexity index is 1060. The van der Waals surface area contributed by atoms with Crippen LogP contribution in [-0.2, 0) is 15.7 Å². The maximum Gasteiger partial charge on any atom is 0.434 e. The molecule has 0 spiro atoms. The predicted octanol–water partition coefficient (Wildman–Crippen LogP) is 3.31. The van der Waals surface area contributed by atoms with Crippen LogP contribution in [0.3, 0.4) is 0 Å². The number of halogens is 3. The van der Waals surface area contributed by atoms with Gasteiger partial charge in [0.2, 0.25) is 5.91 Å². The first-order chi connectivity index (χ1) is 16.7. The van der Waals surface area contributed by atoms with Crippen LogP contribution in [0.1, 0.15) is 68.9 Å². The molecular formula is C24H32F3N5O4. The van der Waals surface area contributed by atoms with E-state index in [4.69, 9.17) is 10.5 Å². The molecule has 2 unspecified atom stereocenters. The molecule has 3 amide bonds. The van der Waals surface area contributed by atoms with E-state index in [9.17, 15) is 27.6 Å². The molecule has 4 bridgehead atoms. The number of nitrogens with one attached hydrogen (secondary N) is 2. The van der Waals surface area contributed by atoms with Gasteiger partial charge in [-0.1, -0.05) is 6.08 Å². The summed E-state index contributed by atoms with van der Waals surface area (Å²) in [6, 6.07) is -0.324. The van der Waals surface area contributed by atoms with Crippen molar-refractivity contribution >= 4 is 24.1 Å². The molecule has 4 saturated carbocycles. The number of rotatable bonds is 7. The van der Waals surface area contributed by atoms with Crippen molar-refractivity contribution < 1.29 is 32.3 Å². The van der Waals surface area contributed by atoms with E-state index >= 15 is 0 Å². The molecule has 12 heteroatoms. The number of hydrogen-bond donors (Lipinski definition) is 3. The zero-order chi connectivity index (χ0) is 26.5. The van der Waals surface area contributed by atoms with Crippen molar-refractivity contribution in [3.8, 4) is 0 Å². The monoisotopic (exact) mass is 511 g/mol. The molecule has 0 radical (unpaired) electrons. The molecule has 4 N–H and O–H groups in total. The molecular weight excluding hydrogens is 479 g/mol. The molecule has 198 valence electrons. The lowest BCUT2D eigenvalue weighted by atomic mass is 9.52. The molecule has 4 aliphatic rings. The van der Waals surface area contributed by atoms with E-state index in [0.29, 0.717) is 30.0 Å². The third kappa shape index (κ3) is 4.94. The van der Waals surface area contributed by atoms with Gasteiger partial charge in [-0.3, -0.25) is 9.59 Å². The van der Waals surface area contributed by atoms with Crippen LogP contribution < -0.4 is 16.4 Å². The number of carbonyl (C=O) groups excluding carboxylic acids is 3. The number of ether oxygens (including phenoxy) is 1. The average Bonchev–Trinajstić information content (AvgIpc) is 3.18. The summed E-state index contributed by atoms with van der Waals surface area (Å²) in [6.45, 7) is 5.27. The van der Waals surface area contributed by atoms with Crippen LogP contribution in [0.15, 0.2) is 12.3 Å². The van der Waals surface area contributed by atoms with E-state index in [1.807, 2.05) is 0 Å². The number of primary amides is 1. The van der Waals surface area contributed by atoms with Gasteiger partial charge in [-0.05, 0) is 70.6 Å². The fourth-order valence-electron chi connectivity index (χ4n) is 6.40. The van der Waals surface area contributed by atoms with Crippen molar-refractivity contribution in [3.05, 3.63) is 23.5 Å². The standard InChI is InChI=1S/C24H32F3N5O4/c1-4-29-20(34)22(2,3)5-6-32-18(24(25,26)27)16(12-30-32)19(33)31-17-14-7-13-8-15(17)11-23(9-13,10-14)36-21(28)35/h5-6,12-15,17H,4,7-11H2,1-3H3,(H2,28,35)(H,29,34)(H,31,33). The summed E-state index contributed by atoms with van der Waals surface area (Å²) < 4.78 is 48.1. The van der Waals surface area contributed by atoms with Crippen LogP contribution in [0, 0.1) is 23.2 Å². The fourth-order valence-corrected chi connectivity index (χ4v) is 6.40. The first-order valence-corrected chi connectivity index (χ1v) is 12.2. The smallest absolute Gasteiger partial charge is 0.434 e. The van der Waals surface area contributed by atoms with Gasteiger partial charge in [0.05, 0.1) is 17.2 Å². The minimum Gasteiger partial charge on any atom is -0.443 e. The van der Waals surface area contributed by atoms with Gasteiger partial charge >= 0.3 is 12.3 Å². The van der Waals surface area contributed by atoms with Gasteiger partial charge in [-0.15, -0.1) is 0 Å². The maximum absolute atomic E-state index is 14.0. The Morgan fingerprint density at radius 2 is 1.86 bits per heavy atom. The summed E-state index contributed by atoms with van der Waals surface area (Å²) >= 11 is 0. The molecule has 1 heterocycles. The van der Waals surface area contributed by atoms with Gasteiger partial charge in [-0.2, -0.15) is 18.3 Å². The lowest BCUT2D eigenvalue weighted by Gasteiger charge is -2.58. The molecule has 2 atom stereocenters. The van der Waals surface area contributed by atoms with E-state index in [1.165, 1.54) is 6.08 Å². The molecule has 9 nitrogen and oxygen atoms in total. The number of carbonyl (C=O) groups is 3. The van der Waals surface area contributed by atoms with Crippen molar-refractivity contribution in [2.24, 2.45) is 28.9 Å². The highest BCUT2D eigenvalue weighted by molar-refractivity contribution is 5.95. The van der Waals surface area contributed by atoms with Gasteiger partial charge in [-0.25, -0.2) is 9.48 Å². The number of hydrogen-bond acceptors (Lipinski definition) is 5. The van der Waals surface area contributed by atoms with Crippen molar-refractivity contribution in [3.63, 3.8) is 0 Å². The van der Waals surface area contributed by atoms with Crippen LogP contribution in [0.2, 0.25) is 0 Å². The normalized spacial score (nSPS) is 29.4. The average molecular weight is 512 g/mol. The molecule has 36 heavy (non-hydrogen) atoms. The molecule has 0 aliphatic heterocycles. The maximum atomic E-state index is 14.0. The first-order valence-electron chi connectivity index (χ1n) is 12.2. The number of nitrogens with two attached hydrogens (primary N) is 1. The summed E-state index contributed by atoms with van der Waals surface area (Å²) in [5.74, 6) is -0.891. The van der Waals surface area contributed by atoms with E-state index in [-0.39, 0.29) is 23.8 Å². The third-order valence-corrected chi connectivity index (χ3v) is 7.70. The highest BCUT2D eigenvalue weighted by atomic mass is 19.4. The van der Waals surface area contributed by atoms with Crippen molar-refractivity contribution in [2.75, 3.05) is 6.54 Å². The van der Waals surface area contributed by atoms with Crippen LogP contribution in [0.5, 0.6) is 0 Å². The van der Waals surface area contributed by atoms with E-state index < -0.39 is 40.5 Å². The minimum absolute atomic E-state index is 0.0123. The number of nitrogens with zero attached hydrogens (tertiary/aromatic N) is 2. The Morgan fingerprint density at radius 1 is 1.22 bits per heavy atom. The van der Waals surface area contributed by atoms with Crippen molar-refractivity contribution in [2.45, 2.75) is 70.7 Å². The summed E-state index contributed by atoms with van der Waals surface area (Å²) in [5, 5.41) is 9.25. The lowest BCUT2D eigenvalue weighted by molar-refractivity contribution is -0.143. The topological polar surface area (TPSA) is 128 Å². The number of alkyl halides is 3. The lowest BCUT2D eigenvalue weighted by Crippen LogP contribution is -2.63. The highest BCUT2D eigenvalue weighted by Gasteiger charge is 2.57. The Hall–Kier alpha value is -3.05. The fraction of sp³-hybridized carbons (Fsp3) is 0.667. The largest absolute Gasteiger partial charge is 0.443 e. The summed E-state index contributed by atoms with van der Waals surface area (Å²) in [5.41, 5.74) is 1.75. The number of amides is 3. The quantitative estimate of drug-likeness (QED) is 0.518. The van der Waals surface area contributed by atoms with Crippen LogP contribution >= 0.6 is 0 Å². The van der Waals surface area contributed by atoms with E-state index in [1.54, 1.807) is 20.8 Å². The Morgan fingerprint density at radius 3 is 2.42 bits per heavy atom. The Balaban J connectivity index is 1.55. The van der Waals surface area contributed by atoms with Crippen LogP contribution in [-0.4, -0.2) is 45.9 Å². The predicted molar refractivity (Wildman–Crippen MR) is 123 cm³/mol.